The molecule has 0 aliphatic carbocycles. The Balaban J connectivity index is 2.16. The standard InChI is InChI=1S/C13H14F5NO2S2/c14-8-9(15)11(17)13(12(18)10(8)16)23(20,21)19-4-1-7-2-5-22-6-3-7/h7,19H,1-6H2. The average Bonchev–Trinajstić information content (AvgIpc) is 2.52. The Morgan fingerprint density at radius 2 is 1.39 bits per heavy atom. The molecule has 0 spiro atoms. The number of sulfonamides is 1. The van der Waals surface area contributed by atoms with Crippen LogP contribution < -0.4 is 4.72 Å². The summed E-state index contributed by atoms with van der Waals surface area (Å²) in [7, 11) is -4.84. The predicted molar refractivity (Wildman–Crippen MR) is 76.1 cm³/mol. The summed E-state index contributed by atoms with van der Waals surface area (Å²) in [5, 5.41) is 0. The van der Waals surface area contributed by atoms with Gasteiger partial charge in [-0.25, -0.2) is 35.1 Å². The summed E-state index contributed by atoms with van der Waals surface area (Å²) < 4.78 is 91.9. The van der Waals surface area contributed by atoms with Gasteiger partial charge in [0.2, 0.25) is 15.8 Å². The second-order valence-electron chi connectivity index (χ2n) is 5.14. The van der Waals surface area contributed by atoms with Gasteiger partial charge in [-0.3, -0.25) is 0 Å². The molecule has 0 aromatic heterocycles. The Labute approximate surface area is 134 Å². The summed E-state index contributed by atoms with van der Waals surface area (Å²) in [4.78, 5) is -1.84. The van der Waals surface area contributed by atoms with E-state index in [-0.39, 0.29) is 12.5 Å². The zero-order valence-electron chi connectivity index (χ0n) is 11.8. The van der Waals surface area contributed by atoms with Gasteiger partial charge in [-0.1, -0.05) is 0 Å². The van der Waals surface area contributed by atoms with Gasteiger partial charge in [-0.05, 0) is 36.7 Å². The van der Waals surface area contributed by atoms with Crippen molar-refractivity contribution in [2.24, 2.45) is 5.92 Å². The summed E-state index contributed by atoms with van der Waals surface area (Å²) in [6, 6.07) is 0. The molecule has 1 aliphatic heterocycles. The summed E-state index contributed by atoms with van der Waals surface area (Å²) in [5.41, 5.74) is 0. The Hall–Kier alpha value is -0.870. The van der Waals surface area contributed by atoms with Crippen LogP contribution in [0.2, 0.25) is 0 Å². The Morgan fingerprint density at radius 1 is 0.913 bits per heavy atom. The van der Waals surface area contributed by atoms with Crippen molar-refractivity contribution < 1.29 is 30.4 Å². The first-order valence-electron chi connectivity index (χ1n) is 6.84. The molecule has 23 heavy (non-hydrogen) atoms. The summed E-state index contributed by atoms with van der Waals surface area (Å²) in [6.45, 7) is -0.128. The number of rotatable bonds is 5. The van der Waals surface area contributed by atoms with Crippen LogP contribution in [-0.4, -0.2) is 26.5 Å². The summed E-state index contributed by atoms with van der Waals surface area (Å²) >= 11 is 1.79. The zero-order valence-corrected chi connectivity index (χ0v) is 13.5. The molecular weight excluding hydrogens is 361 g/mol. The van der Waals surface area contributed by atoms with Gasteiger partial charge >= 0.3 is 0 Å². The Kier molecular flexibility index (Phi) is 5.90. The normalized spacial score (nSPS) is 16.7. The highest BCUT2D eigenvalue weighted by Crippen LogP contribution is 2.27. The third-order valence-electron chi connectivity index (χ3n) is 3.62. The average molecular weight is 375 g/mol. The first kappa shape index (κ1) is 18.5. The third-order valence-corrected chi connectivity index (χ3v) is 6.15. The monoisotopic (exact) mass is 375 g/mol. The van der Waals surface area contributed by atoms with Crippen LogP contribution >= 0.6 is 11.8 Å². The highest BCUT2D eigenvalue weighted by atomic mass is 32.2. The van der Waals surface area contributed by atoms with Gasteiger partial charge < -0.3 is 0 Å². The fourth-order valence-electron chi connectivity index (χ4n) is 2.33. The van der Waals surface area contributed by atoms with Crippen molar-refractivity contribution in [1.29, 1.82) is 0 Å². The molecule has 0 radical (unpaired) electrons. The van der Waals surface area contributed by atoms with Crippen molar-refractivity contribution in [3.8, 4) is 0 Å². The van der Waals surface area contributed by atoms with Crippen molar-refractivity contribution in [1.82, 2.24) is 4.72 Å². The Morgan fingerprint density at radius 3 is 1.91 bits per heavy atom. The lowest BCUT2D eigenvalue weighted by molar-refractivity contribution is 0.357. The van der Waals surface area contributed by atoms with Crippen molar-refractivity contribution in [3.05, 3.63) is 29.1 Å². The number of halogens is 5. The van der Waals surface area contributed by atoms with Crippen LogP contribution in [0.4, 0.5) is 22.0 Å². The molecular formula is C13H14F5NO2S2. The van der Waals surface area contributed by atoms with E-state index < -0.39 is 44.0 Å². The fourth-order valence-corrected chi connectivity index (χ4v) is 4.71. The van der Waals surface area contributed by atoms with E-state index in [2.05, 4.69) is 0 Å². The molecule has 1 aromatic carbocycles. The third kappa shape index (κ3) is 3.97. The topological polar surface area (TPSA) is 46.2 Å². The molecule has 1 N–H and O–H groups in total. The minimum Gasteiger partial charge on any atom is -0.211 e. The van der Waals surface area contributed by atoms with Crippen LogP contribution in [0.1, 0.15) is 19.3 Å². The highest BCUT2D eigenvalue weighted by Gasteiger charge is 2.33. The predicted octanol–water partition coefficient (Wildman–Crippen LogP) is 3.19. The molecule has 3 nitrogen and oxygen atoms in total. The van der Waals surface area contributed by atoms with Gasteiger partial charge in [0.15, 0.2) is 28.2 Å². The number of thioether (sulfide) groups is 1. The van der Waals surface area contributed by atoms with E-state index >= 15 is 0 Å². The van der Waals surface area contributed by atoms with Crippen LogP contribution in [0, 0.1) is 35.0 Å². The minimum absolute atomic E-state index is 0.128. The van der Waals surface area contributed by atoms with Crippen LogP contribution in [0.5, 0.6) is 0 Å². The van der Waals surface area contributed by atoms with Crippen LogP contribution in [-0.2, 0) is 10.0 Å². The van der Waals surface area contributed by atoms with Gasteiger partial charge in [0.25, 0.3) is 0 Å². The Bertz CT molecular complexity index is 661. The summed E-state index contributed by atoms with van der Waals surface area (Å²) in [6.07, 6.45) is 2.24. The smallest absolute Gasteiger partial charge is 0.211 e. The van der Waals surface area contributed by atoms with E-state index in [9.17, 15) is 30.4 Å². The fraction of sp³-hybridized carbons (Fsp3) is 0.538. The molecule has 1 aromatic rings. The molecule has 2 rings (SSSR count). The van der Waals surface area contributed by atoms with Crippen molar-refractivity contribution >= 4 is 21.8 Å². The van der Waals surface area contributed by atoms with Crippen molar-refractivity contribution in [2.75, 3.05) is 18.1 Å². The zero-order chi connectivity index (χ0) is 17.2. The molecule has 0 unspecified atom stereocenters. The highest BCUT2D eigenvalue weighted by molar-refractivity contribution is 7.99. The lowest BCUT2D eigenvalue weighted by Crippen LogP contribution is -2.29. The van der Waals surface area contributed by atoms with Gasteiger partial charge in [0.05, 0.1) is 0 Å². The molecule has 0 atom stereocenters. The van der Waals surface area contributed by atoms with E-state index in [1.807, 2.05) is 4.72 Å². The van der Waals surface area contributed by atoms with Gasteiger partial charge in [-0.15, -0.1) is 0 Å². The molecule has 10 heteroatoms. The second-order valence-corrected chi connectivity index (χ2v) is 8.07. The van der Waals surface area contributed by atoms with E-state index in [0.717, 1.165) is 24.3 Å². The first-order chi connectivity index (χ1) is 10.8. The number of hydrogen-bond donors (Lipinski definition) is 1. The van der Waals surface area contributed by atoms with Gasteiger partial charge in [-0.2, -0.15) is 11.8 Å². The van der Waals surface area contributed by atoms with Crippen molar-refractivity contribution in [2.45, 2.75) is 24.2 Å². The molecule has 1 saturated heterocycles. The van der Waals surface area contributed by atoms with Crippen LogP contribution in [0.3, 0.4) is 0 Å². The molecule has 1 fully saturated rings. The van der Waals surface area contributed by atoms with Crippen LogP contribution in [0.25, 0.3) is 0 Å². The lowest BCUT2D eigenvalue weighted by Gasteiger charge is -2.21. The second kappa shape index (κ2) is 7.35. The first-order valence-corrected chi connectivity index (χ1v) is 9.48. The molecule has 1 aliphatic rings. The number of benzene rings is 1. The molecule has 0 saturated carbocycles. The van der Waals surface area contributed by atoms with Gasteiger partial charge in [0, 0.05) is 6.54 Å². The number of nitrogens with one attached hydrogen (secondary N) is 1. The van der Waals surface area contributed by atoms with Crippen LogP contribution in [0.15, 0.2) is 4.90 Å². The molecule has 130 valence electrons. The lowest BCUT2D eigenvalue weighted by atomic mass is 9.99. The quantitative estimate of drug-likeness (QED) is 0.488. The van der Waals surface area contributed by atoms with Gasteiger partial charge in [0.1, 0.15) is 0 Å². The maximum absolute atomic E-state index is 13.5. The van der Waals surface area contributed by atoms with E-state index in [0.29, 0.717) is 6.42 Å². The van der Waals surface area contributed by atoms with E-state index in [4.69, 9.17) is 0 Å². The van der Waals surface area contributed by atoms with Crippen molar-refractivity contribution in [3.63, 3.8) is 0 Å². The van der Waals surface area contributed by atoms with E-state index in [1.165, 1.54) is 0 Å². The van der Waals surface area contributed by atoms with E-state index in [1.54, 1.807) is 11.8 Å². The SMILES string of the molecule is O=S(=O)(NCCC1CCSCC1)c1c(F)c(F)c(F)c(F)c1F. The minimum atomic E-state index is -4.84. The molecule has 0 bridgehead atoms. The molecule has 0 amide bonds. The summed E-state index contributed by atoms with van der Waals surface area (Å²) in [5.74, 6) is -9.49. The largest absolute Gasteiger partial charge is 0.246 e. The number of hydrogen-bond acceptors (Lipinski definition) is 3. The molecule has 1 heterocycles. The maximum atomic E-state index is 13.5. The maximum Gasteiger partial charge on any atom is 0.246 e.